The lowest BCUT2D eigenvalue weighted by atomic mass is 9.96. The van der Waals surface area contributed by atoms with Crippen molar-refractivity contribution in [3.8, 4) is 17.2 Å². The van der Waals surface area contributed by atoms with Gasteiger partial charge in [0, 0.05) is 11.1 Å². The molecule has 0 aliphatic carbocycles. The highest BCUT2D eigenvalue weighted by Gasteiger charge is 2.27. The van der Waals surface area contributed by atoms with Crippen LogP contribution in [0.15, 0.2) is 0 Å². The number of unbranched alkanes of at least 4 members (excludes halogenated alkanes) is 2. The van der Waals surface area contributed by atoms with Crippen LogP contribution in [-0.4, -0.2) is 27.9 Å². The van der Waals surface area contributed by atoms with Crippen LogP contribution in [-0.2, 0) is 12.8 Å². The first-order valence-electron chi connectivity index (χ1n) is 7.45. The smallest absolute Gasteiger partial charge is 0.343 e. The molecule has 1 aromatic rings. The van der Waals surface area contributed by atoms with E-state index in [1.165, 1.54) is 0 Å². The molecule has 0 bridgehead atoms. The summed E-state index contributed by atoms with van der Waals surface area (Å²) in [6, 6.07) is 0. The van der Waals surface area contributed by atoms with Crippen molar-refractivity contribution in [2.45, 2.75) is 52.9 Å². The van der Waals surface area contributed by atoms with E-state index in [9.17, 15) is 20.1 Å². The second-order valence-electron chi connectivity index (χ2n) is 4.93. The molecule has 0 aliphatic heterocycles. The monoisotopic (exact) mass is 296 g/mol. The maximum Gasteiger partial charge on any atom is 0.343 e. The minimum absolute atomic E-state index is 0.188. The molecule has 0 radical (unpaired) electrons. The van der Waals surface area contributed by atoms with E-state index in [1.54, 1.807) is 0 Å². The Hall–Kier alpha value is -1.91. The molecule has 1 rings (SSSR count). The van der Waals surface area contributed by atoms with Gasteiger partial charge in [-0.15, -0.1) is 0 Å². The van der Waals surface area contributed by atoms with Crippen LogP contribution in [0.4, 0.5) is 0 Å². The number of carboxylic acid groups (broad SMARTS) is 1. The van der Waals surface area contributed by atoms with E-state index >= 15 is 0 Å². The van der Waals surface area contributed by atoms with Gasteiger partial charge < -0.3 is 20.1 Å². The van der Waals surface area contributed by atoms with E-state index in [2.05, 4.69) is 6.92 Å². The summed E-state index contributed by atoms with van der Waals surface area (Å²) in [5, 5.41) is 29.3. The summed E-state index contributed by atoms with van der Waals surface area (Å²) >= 11 is 0. The molecule has 0 unspecified atom stereocenters. The summed E-state index contributed by atoms with van der Waals surface area (Å²) in [7, 11) is 0. The predicted octanol–water partition coefficient (Wildman–Crippen LogP) is 3.49. The maximum atomic E-state index is 11.4. The van der Waals surface area contributed by atoms with Gasteiger partial charge in [0.05, 0.1) is 6.61 Å². The molecule has 0 saturated heterocycles. The first-order chi connectivity index (χ1) is 9.99. The average Bonchev–Trinajstić information content (AvgIpc) is 2.45. The van der Waals surface area contributed by atoms with Crippen molar-refractivity contribution >= 4 is 5.97 Å². The predicted molar refractivity (Wildman–Crippen MR) is 80.5 cm³/mol. The Bertz CT molecular complexity index is 508. The molecule has 0 spiro atoms. The average molecular weight is 296 g/mol. The Balaban J connectivity index is 3.34. The fourth-order valence-corrected chi connectivity index (χ4v) is 2.44. The Morgan fingerprint density at radius 1 is 1.00 bits per heavy atom. The maximum absolute atomic E-state index is 11.4. The normalized spacial score (nSPS) is 10.6. The molecule has 0 aromatic heterocycles. The standard InChI is InChI=1S/C16H24O5/c1-4-7-8-9-21-15-11(6-3)10(5-2)13(17)14(18)12(15)16(19)20/h17-18H,4-9H2,1-3H3,(H,19,20). The Labute approximate surface area is 125 Å². The lowest BCUT2D eigenvalue weighted by molar-refractivity contribution is 0.0687. The number of rotatable bonds is 8. The van der Waals surface area contributed by atoms with Gasteiger partial charge in [-0.3, -0.25) is 0 Å². The van der Waals surface area contributed by atoms with Gasteiger partial charge in [-0.05, 0) is 19.3 Å². The zero-order valence-corrected chi connectivity index (χ0v) is 12.9. The molecule has 0 atom stereocenters. The number of phenols is 2. The van der Waals surface area contributed by atoms with Crippen LogP contribution in [0.2, 0.25) is 0 Å². The van der Waals surface area contributed by atoms with Crippen LogP contribution in [0.5, 0.6) is 17.2 Å². The summed E-state index contributed by atoms with van der Waals surface area (Å²) in [6.07, 6.45) is 3.88. The summed E-state index contributed by atoms with van der Waals surface area (Å²) in [5.74, 6) is -2.08. The largest absolute Gasteiger partial charge is 0.504 e. The Morgan fingerprint density at radius 3 is 2.10 bits per heavy atom. The molecule has 0 amide bonds. The Morgan fingerprint density at radius 2 is 1.62 bits per heavy atom. The third-order valence-corrected chi connectivity index (χ3v) is 3.53. The molecule has 3 N–H and O–H groups in total. The Kier molecular flexibility index (Phi) is 6.34. The molecule has 5 nitrogen and oxygen atoms in total. The molecule has 0 fully saturated rings. The van der Waals surface area contributed by atoms with E-state index in [0.717, 1.165) is 19.3 Å². The number of hydrogen-bond donors (Lipinski definition) is 3. The first kappa shape index (κ1) is 17.1. The molecular formula is C16H24O5. The van der Waals surface area contributed by atoms with Gasteiger partial charge in [0.1, 0.15) is 11.3 Å². The van der Waals surface area contributed by atoms with Gasteiger partial charge in [0.2, 0.25) is 0 Å². The van der Waals surface area contributed by atoms with Gasteiger partial charge in [0.15, 0.2) is 11.5 Å². The second kappa shape index (κ2) is 7.76. The van der Waals surface area contributed by atoms with E-state index in [4.69, 9.17) is 4.74 Å². The molecular weight excluding hydrogens is 272 g/mol. The van der Waals surface area contributed by atoms with Gasteiger partial charge in [-0.2, -0.15) is 0 Å². The molecule has 118 valence electrons. The van der Waals surface area contributed by atoms with Crippen LogP contribution >= 0.6 is 0 Å². The summed E-state index contributed by atoms with van der Waals surface area (Å²) in [4.78, 5) is 11.4. The molecule has 0 aliphatic rings. The molecule has 21 heavy (non-hydrogen) atoms. The third-order valence-electron chi connectivity index (χ3n) is 3.53. The number of hydrogen-bond acceptors (Lipinski definition) is 4. The van der Waals surface area contributed by atoms with E-state index in [-0.39, 0.29) is 17.1 Å². The summed E-state index contributed by atoms with van der Waals surface area (Å²) in [5.41, 5.74) is 0.852. The minimum Gasteiger partial charge on any atom is -0.504 e. The lowest BCUT2D eigenvalue weighted by Crippen LogP contribution is -2.10. The highest BCUT2D eigenvalue weighted by Crippen LogP contribution is 2.43. The number of aromatic hydroxyl groups is 2. The third kappa shape index (κ3) is 3.60. The SMILES string of the molecule is CCCCCOc1c(CC)c(CC)c(O)c(O)c1C(=O)O. The number of carboxylic acids is 1. The molecule has 5 heteroatoms. The van der Waals surface area contributed by atoms with E-state index in [0.29, 0.717) is 30.6 Å². The highest BCUT2D eigenvalue weighted by molar-refractivity contribution is 5.96. The molecule has 1 aromatic carbocycles. The minimum atomic E-state index is -1.30. The molecule has 0 saturated carbocycles. The van der Waals surface area contributed by atoms with Crippen molar-refractivity contribution < 1.29 is 24.9 Å². The van der Waals surface area contributed by atoms with Crippen LogP contribution in [0.1, 0.15) is 61.5 Å². The van der Waals surface area contributed by atoms with Crippen molar-refractivity contribution in [1.29, 1.82) is 0 Å². The molecule has 0 heterocycles. The van der Waals surface area contributed by atoms with Crippen LogP contribution in [0.25, 0.3) is 0 Å². The van der Waals surface area contributed by atoms with Crippen molar-refractivity contribution in [3.05, 3.63) is 16.7 Å². The van der Waals surface area contributed by atoms with Crippen LogP contribution < -0.4 is 4.74 Å². The van der Waals surface area contributed by atoms with Gasteiger partial charge >= 0.3 is 5.97 Å². The number of aromatic carboxylic acids is 1. The van der Waals surface area contributed by atoms with Crippen LogP contribution in [0.3, 0.4) is 0 Å². The second-order valence-corrected chi connectivity index (χ2v) is 4.93. The van der Waals surface area contributed by atoms with Crippen LogP contribution in [0, 0.1) is 0 Å². The van der Waals surface area contributed by atoms with Gasteiger partial charge in [-0.1, -0.05) is 33.6 Å². The van der Waals surface area contributed by atoms with Crippen molar-refractivity contribution in [3.63, 3.8) is 0 Å². The van der Waals surface area contributed by atoms with E-state index in [1.807, 2.05) is 13.8 Å². The first-order valence-corrected chi connectivity index (χ1v) is 7.45. The number of benzene rings is 1. The van der Waals surface area contributed by atoms with Crippen molar-refractivity contribution in [2.24, 2.45) is 0 Å². The van der Waals surface area contributed by atoms with E-state index < -0.39 is 11.7 Å². The fraction of sp³-hybridized carbons (Fsp3) is 0.562. The number of ether oxygens (including phenoxy) is 1. The summed E-state index contributed by atoms with van der Waals surface area (Å²) < 4.78 is 5.65. The topological polar surface area (TPSA) is 87.0 Å². The van der Waals surface area contributed by atoms with Gasteiger partial charge in [0.25, 0.3) is 0 Å². The van der Waals surface area contributed by atoms with Crippen molar-refractivity contribution in [2.75, 3.05) is 6.61 Å². The zero-order valence-electron chi connectivity index (χ0n) is 12.9. The zero-order chi connectivity index (χ0) is 16.0. The quantitative estimate of drug-likeness (QED) is 0.505. The van der Waals surface area contributed by atoms with Crippen molar-refractivity contribution in [1.82, 2.24) is 0 Å². The number of phenolic OH excluding ortho intramolecular Hbond substituents is 1. The fourth-order valence-electron chi connectivity index (χ4n) is 2.44. The highest BCUT2D eigenvalue weighted by atomic mass is 16.5. The number of carbonyl (C=O) groups is 1. The summed E-state index contributed by atoms with van der Waals surface area (Å²) in [6.45, 7) is 6.18. The van der Waals surface area contributed by atoms with Gasteiger partial charge in [-0.25, -0.2) is 4.79 Å². The lowest BCUT2D eigenvalue weighted by Gasteiger charge is -2.19.